The second-order valence-electron chi connectivity index (χ2n) is 7.84. The Bertz CT molecular complexity index is 1260. The van der Waals surface area contributed by atoms with Crippen molar-refractivity contribution in [3.8, 4) is 11.5 Å². The number of aromatic nitrogens is 2. The molecule has 1 aromatic heterocycles. The Labute approximate surface area is 185 Å². The highest BCUT2D eigenvalue weighted by Crippen LogP contribution is 2.34. The van der Waals surface area contributed by atoms with Crippen molar-refractivity contribution in [3.05, 3.63) is 62.6 Å². The summed E-state index contributed by atoms with van der Waals surface area (Å²) in [5.74, 6) is 1.32. The van der Waals surface area contributed by atoms with E-state index < -0.39 is 0 Å². The predicted molar refractivity (Wildman–Crippen MR) is 122 cm³/mol. The van der Waals surface area contributed by atoms with Gasteiger partial charge in [-0.2, -0.15) is 0 Å². The third kappa shape index (κ3) is 4.07. The van der Waals surface area contributed by atoms with Crippen LogP contribution in [0.4, 0.5) is 0 Å². The number of nitrogens with one attached hydrogen (secondary N) is 2. The highest BCUT2D eigenvalue weighted by atomic mass is 32.1. The molecule has 1 amide bonds. The van der Waals surface area contributed by atoms with E-state index in [1.807, 2.05) is 39.0 Å². The topological polar surface area (TPSA) is 85.3 Å². The molecule has 1 atom stereocenters. The molecule has 0 radical (unpaired) electrons. The number of benzene rings is 2. The number of hydrogen-bond acceptors (Lipinski definition) is 5. The summed E-state index contributed by atoms with van der Waals surface area (Å²) in [6, 6.07) is 10.5. The number of nitrogens with zero attached hydrogens (tertiary/aromatic N) is 1. The van der Waals surface area contributed by atoms with Crippen LogP contribution in [0.5, 0.6) is 11.5 Å². The molecule has 3 aromatic rings. The van der Waals surface area contributed by atoms with Crippen LogP contribution in [0.3, 0.4) is 0 Å². The molecule has 0 bridgehead atoms. The quantitative estimate of drug-likeness (QED) is 0.588. The Kier molecular flexibility index (Phi) is 5.82. The highest BCUT2D eigenvalue weighted by molar-refractivity contribution is 7.71. The Morgan fingerprint density at radius 1 is 1.16 bits per heavy atom. The smallest absolute Gasteiger partial charge is 0.262 e. The van der Waals surface area contributed by atoms with E-state index in [1.165, 1.54) is 4.57 Å². The first-order chi connectivity index (χ1) is 14.9. The largest absolute Gasteiger partial charge is 0.486 e. The number of fused-ring (bicyclic) bond motifs is 2. The molecule has 4 rings (SSSR count). The first-order valence-corrected chi connectivity index (χ1v) is 10.8. The highest BCUT2D eigenvalue weighted by Gasteiger charge is 2.22. The lowest BCUT2D eigenvalue weighted by Crippen LogP contribution is -2.32. The molecule has 0 fully saturated rings. The summed E-state index contributed by atoms with van der Waals surface area (Å²) in [5.41, 5.74) is 1.78. The number of carbonyl (C=O) groups is 1. The molecular formula is C23H25N3O4S. The van der Waals surface area contributed by atoms with E-state index >= 15 is 0 Å². The van der Waals surface area contributed by atoms with Gasteiger partial charge in [0.25, 0.3) is 11.5 Å². The molecule has 0 aliphatic carbocycles. The van der Waals surface area contributed by atoms with Gasteiger partial charge in [-0.3, -0.25) is 14.2 Å². The SMILES string of the molecule is CCn1c(=S)[nH]c2cc(C(=O)NC(c3ccc4c(c3)OCCO4)C(C)C)ccc2c1=O. The third-order valence-electron chi connectivity index (χ3n) is 5.44. The third-order valence-corrected chi connectivity index (χ3v) is 5.76. The van der Waals surface area contributed by atoms with Crippen LogP contribution < -0.4 is 20.3 Å². The van der Waals surface area contributed by atoms with Gasteiger partial charge in [0.05, 0.1) is 16.9 Å². The Hall–Kier alpha value is -3.13. The van der Waals surface area contributed by atoms with Gasteiger partial charge in [0.1, 0.15) is 13.2 Å². The second kappa shape index (κ2) is 8.55. The normalized spacial score (nSPS) is 13.9. The minimum absolute atomic E-state index is 0.148. The average molecular weight is 440 g/mol. The molecule has 0 saturated carbocycles. The number of carbonyl (C=O) groups excluding carboxylic acids is 1. The van der Waals surface area contributed by atoms with Crippen molar-refractivity contribution in [2.75, 3.05) is 13.2 Å². The van der Waals surface area contributed by atoms with Gasteiger partial charge in [-0.05, 0) is 61.0 Å². The first-order valence-electron chi connectivity index (χ1n) is 10.4. The lowest BCUT2D eigenvalue weighted by atomic mass is 9.95. The number of aromatic amines is 1. The van der Waals surface area contributed by atoms with Gasteiger partial charge in [0, 0.05) is 12.1 Å². The summed E-state index contributed by atoms with van der Waals surface area (Å²) < 4.78 is 13.1. The van der Waals surface area contributed by atoms with Crippen molar-refractivity contribution >= 4 is 29.0 Å². The van der Waals surface area contributed by atoms with Crippen molar-refractivity contribution in [1.29, 1.82) is 0 Å². The van der Waals surface area contributed by atoms with E-state index in [0.29, 0.717) is 52.5 Å². The van der Waals surface area contributed by atoms with Crippen molar-refractivity contribution in [2.24, 2.45) is 5.92 Å². The molecule has 0 saturated heterocycles. The minimum atomic E-state index is -0.227. The number of amides is 1. The number of ether oxygens (including phenoxy) is 2. The van der Waals surface area contributed by atoms with Crippen LogP contribution in [0.1, 0.15) is 42.7 Å². The Morgan fingerprint density at radius 2 is 1.90 bits per heavy atom. The standard InChI is InChI=1S/C23H25N3O4S/c1-4-26-22(28)16-7-5-15(11-17(16)24-23(26)31)21(27)25-20(13(2)3)14-6-8-18-19(12-14)30-10-9-29-18/h5-8,11-13,20H,4,9-10H2,1-3H3,(H,24,31)(H,25,27). The summed E-state index contributed by atoms with van der Waals surface area (Å²) in [7, 11) is 0. The van der Waals surface area contributed by atoms with Crippen molar-refractivity contribution in [2.45, 2.75) is 33.4 Å². The van der Waals surface area contributed by atoms with Crippen molar-refractivity contribution < 1.29 is 14.3 Å². The molecule has 162 valence electrons. The van der Waals surface area contributed by atoms with Gasteiger partial charge in [-0.15, -0.1) is 0 Å². The summed E-state index contributed by atoms with van der Waals surface area (Å²) >= 11 is 5.28. The zero-order valence-electron chi connectivity index (χ0n) is 17.7. The first kappa shape index (κ1) is 21.1. The predicted octanol–water partition coefficient (Wildman–Crippen LogP) is 3.98. The minimum Gasteiger partial charge on any atom is -0.486 e. The van der Waals surface area contributed by atoms with Gasteiger partial charge in [0.2, 0.25) is 0 Å². The van der Waals surface area contributed by atoms with E-state index in [-0.39, 0.29) is 23.4 Å². The van der Waals surface area contributed by atoms with Gasteiger partial charge >= 0.3 is 0 Å². The molecule has 7 nitrogen and oxygen atoms in total. The fraction of sp³-hybridized carbons (Fsp3) is 0.348. The fourth-order valence-electron chi connectivity index (χ4n) is 3.80. The molecule has 2 heterocycles. The van der Waals surface area contributed by atoms with Gasteiger partial charge in [0.15, 0.2) is 16.3 Å². The number of H-pyrrole nitrogens is 1. The molecule has 2 N–H and O–H groups in total. The Balaban J connectivity index is 1.64. The molecule has 1 aliphatic rings. The van der Waals surface area contributed by atoms with E-state index in [2.05, 4.69) is 10.3 Å². The van der Waals surface area contributed by atoms with Gasteiger partial charge < -0.3 is 19.8 Å². The van der Waals surface area contributed by atoms with Gasteiger partial charge in [-0.1, -0.05) is 19.9 Å². The maximum absolute atomic E-state index is 13.1. The van der Waals surface area contributed by atoms with Crippen LogP contribution >= 0.6 is 12.2 Å². The summed E-state index contributed by atoms with van der Waals surface area (Å²) in [5, 5.41) is 3.61. The number of rotatable bonds is 5. The van der Waals surface area contributed by atoms with Crippen LogP contribution in [-0.2, 0) is 6.54 Å². The zero-order chi connectivity index (χ0) is 22.1. The maximum Gasteiger partial charge on any atom is 0.262 e. The van der Waals surface area contributed by atoms with E-state index in [1.54, 1.807) is 18.2 Å². The fourth-order valence-corrected chi connectivity index (χ4v) is 4.12. The monoisotopic (exact) mass is 439 g/mol. The van der Waals surface area contributed by atoms with Crippen molar-refractivity contribution in [3.63, 3.8) is 0 Å². The molecular weight excluding hydrogens is 414 g/mol. The van der Waals surface area contributed by atoms with E-state index in [9.17, 15) is 9.59 Å². The molecule has 0 spiro atoms. The van der Waals surface area contributed by atoms with E-state index in [4.69, 9.17) is 21.7 Å². The summed E-state index contributed by atoms with van der Waals surface area (Å²) in [6.45, 7) is 7.48. The number of hydrogen-bond donors (Lipinski definition) is 2. The molecule has 8 heteroatoms. The van der Waals surface area contributed by atoms with Crippen LogP contribution in [0.2, 0.25) is 0 Å². The summed E-state index contributed by atoms with van der Waals surface area (Å²) in [6.07, 6.45) is 0. The van der Waals surface area contributed by atoms with Gasteiger partial charge in [-0.25, -0.2) is 0 Å². The summed E-state index contributed by atoms with van der Waals surface area (Å²) in [4.78, 5) is 28.7. The molecule has 31 heavy (non-hydrogen) atoms. The second-order valence-corrected chi connectivity index (χ2v) is 8.22. The van der Waals surface area contributed by atoms with Crippen molar-refractivity contribution in [1.82, 2.24) is 14.9 Å². The van der Waals surface area contributed by atoms with Crippen LogP contribution in [-0.4, -0.2) is 28.7 Å². The van der Waals surface area contributed by atoms with Crippen LogP contribution in [0.15, 0.2) is 41.2 Å². The molecule has 1 unspecified atom stereocenters. The van der Waals surface area contributed by atoms with Crippen LogP contribution in [0.25, 0.3) is 10.9 Å². The molecule has 1 aliphatic heterocycles. The average Bonchev–Trinajstić information content (AvgIpc) is 2.76. The van der Waals surface area contributed by atoms with E-state index in [0.717, 1.165) is 5.56 Å². The molecule has 2 aromatic carbocycles. The lowest BCUT2D eigenvalue weighted by Gasteiger charge is -2.25. The van der Waals surface area contributed by atoms with Crippen LogP contribution in [0, 0.1) is 10.7 Å². The zero-order valence-corrected chi connectivity index (χ0v) is 18.5. The Morgan fingerprint density at radius 3 is 2.61 bits per heavy atom. The lowest BCUT2D eigenvalue weighted by molar-refractivity contribution is 0.0925. The maximum atomic E-state index is 13.1.